The minimum atomic E-state index is -0.0360. The van der Waals surface area contributed by atoms with E-state index in [1.54, 1.807) is 4.68 Å². The molecular formula is C10H8BrN3O. The van der Waals surface area contributed by atoms with Gasteiger partial charge in [-0.2, -0.15) is 5.10 Å². The molecule has 15 heavy (non-hydrogen) atoms. The van der Waals surface area contributed by atoms with Crippen LogP contribution in [0.15, 0.2) is 22.7 Å². The van der Waals surface area contributed by atoms with Gasteiger partial charge in [-0.25, -0.2) is 0 Å². The molecule has 0 aliphatic carbocycles. The number of nitrogens with zero attached hydrogens (tertiary/aromatic N) is 2. The van der Waals surface area contributed by atoms with Crippen molar-refractivity contribution >= 4 is 32.7 Å². The van der Waals surface area contributed by atoms with Crippen LogP contribution in [0.2, 0.25) is 0 Å². The van der Waals surface area contributed by atoms with Crippen molar-refractivity contribution in [2.45, 2.75) is 6.54 Å². The summed E-state index contributed by atoms with van der Waals surface area (Å²) in [5, 5.41) is 8.12. The smallest absolute Gasteiger partial charge is 0.270 e. The van der Waals surface area contributed by atoms with Gasteiger partial charge >= 0.3 is 0 Å². The number of aromatic nitrogens is 2. The topological polar surface area (TPSA) is 46.9 Å². The molecule has 0 unspecified atom stereocenters. The Morgan fingerprint density at radius 1 is 1.47 bits per heavy atom. The number of rotatable bonds is 0. The molecule has 2 aromatic rings. The minimum Gasteiger partial charge on any atom is -0.349 e. The van der Waals surface area contributed by atoms with Crippen molar-refractivity contribution in [3.8, 4) is 0 Å². The molecule has 3 rings (SSSR count). The maximum absolute atomic E-state index is 11.7. The summed E-state index contributed by atoms with van der Waals surface area (Å²) in [5.41, 5.74) is 1.53. The van der Waals surface area contributed by atoms with Gasteiger partial charge in [0.15, 0.2) is 0 Å². The molecule has 0 spiro atoms. The molecule has 4 nitrogen and oxygen atoms in total. The highest BCUT2D eigenvalue weighted by molar-refractivity contribution is 9.10. The summed E-state index contributed by atoms with van der Waals surface area (Å²) in [6.07, 6.45) is 0. The molecule has 1 aromatic carbocycles. The fraction of sp³-hybridized carbons (Fsp3) is 0.200. The van der Waals surface area contributed by atoms with Crippen LogP contribution >= 0.6 is 15.9 Å². The Labute approximate surface area is 94.4 Å². The highest BCUT2D eigenvalue weighted by atomic mass is 79.9. The number of hydrogen-bond donors (Lipinski definition) is 1. The van der Waals surface area contributed by atoms with Gasteiger partial charge in [-0.3, -0.25) is 9.48 Å². The number of fused-ring (bicyclic) bond motifs is 3. The highest BCUT2D eigenvalue weighted by Crippen LogP contribution is 2.23. The average Bonchev–Trinajstić information content (AvgIpc) is 2.56. The van der Waals surface area contributed by atoms with Gasteiger partial charge in [-0.05, 0) is 18.2 Å². The Morgan fingerprint density at radius 2 is 2.33 bits per heavy atom. The third kappa shape index (κ3) is 1.26. The van der Waals surface area contributed by atoms with Crippen molar-refractivity contribution in [3.05, 3.63) is 28.4 Å². The van der Waals surface area contributed by atoms with Gasteiger partial charge in [-0.15, -0.1) is 0 Å². The van der Waals surface area contributed by atoms with E-state index in [4.69, 9.17) is 0 Å². The largest absolute Gasteiger partial charge is 0.349 e. The van der Waals surface area contributed by atoms with Crippen LogP contribution in [0, 0.1) is 0 Å². The third-order valence-electron chi connectivity index (χ3n) is 2.53. The predicted octanol–water partition coefficient (Wildman–Crippen LogP) is 1.54. The fourth-order valence-electron chi connectivity index (χ4n) is 1.87. The van der Waals surface area contributed by atoms with E-state index in [0.717, 1.165) is 21.9 Å². The minimum absolute atomic E-state index is 0.0360. The van der Waals surface area contributed by atoms with Crippen molar-refractivity contribution in [2.24, 2.45) is 0 Å². The first-order valence-corrected chi connectivity index (χ1v) is 5.49. The van der Waals surface area contributed by atoms with Crippen LogP contribution in [-0.4, -0.2) is 22.2 Å². The second-order valence-corrected chi connectivity index (χ2v) is 4.40. The summed E-state index contributed by atoms with van der Waals surface area (Å²) < 4.78 is 2.75. The molecule has 0 atom stereocenters. The summed E-state index contributed by atoms with van der Waals surface area (Å²) in [6.45, 7) is 1.40. The summed E-state index contributed by atoms with van der Waals surface area (Å²) in [7, 11) is 0. The van der Waals surface area contributed by atoms with E-state index < -0.39 is 0 Å². The lowest BCUT2D eigenvalue weighted by Crippen LogP contribution is -2.35. The SMILES string of the molecule is O=C1NCCn2nc3cc(Br)ccc3c21. The number of halogens is 1. The maximum Gasteiger partial charge on any atom is 0.270 e. The van der Waals surface area contributed by atoms with Gasteiger partial charge in [0.25, 0.3) is 5.91 Å². The zero-order valence-corrected chi connectivity index (χ0v) is 9.41. The van der Waals surface area contributed by atoms with Crippen molar-refractivity contribution in [1.29, 1.82) is 0 Å². The van der Waals surface area contributed by atoms with Crippen molar-refractivity contribution in [3.63, 3.8) is 0 Å². The number of benzene rings is 1. The molecule has 1 aromatic heterocycles. The lowest BCUT2D eigenvalue weighted by atomic mass is 10.2. The predicted molar refractivity (Wildman–Crippen MR) is 59.8 cm³/mol. The molecule has 0 bridgehead atoms. The van der Waals surface area contributed by atoms with Crippen molar-refractivity contribution < 1.29 is 4.79 Å². The number of amides is 1. The molecule has 5 heteroatoms. The van der Waals surface area contributed by atoms with Crippen LogP contribution in [0.3, 0.4) is 0 Å². The normalized spacial score (nSPS) is 15.1. The molecule has 0 saturated heterocycles. The fourth-order valence-corrected chi connectivity index (χ4v) is 2.22. The van der Waals surface area contributed by atoms with Gasteiger partial charge in [-0.1, -0.05) is 15.9 Å². The van der Waals surface area contributed by atoms with Crippen LogP contribution in [0.1, 0.15) is 10.5 Å². The van der Waals surface area contributed by atoms with E-state index in [-0.39, 0.29) is 5.91 Å². The van der Waals surface area contributed by atoms with Crippen LogP contribution in [0.4, 0.5) is 0 Å². The molecule has 1 aliphatic rings. The highest BCUT2D eigenvalue weighted by Gasteiger charge is 2.21. The number of nitrogens with one attached hydrogen (secondary N) is 1. The standard InChI is InChI=1S/C10H8BrN3O/c11-6-1-2-7-8(5-6)13-14-4-3-12-10(15)9(7)14/h1-2,5H,3-4H2,(H,12,15). The lowest BCUT2D eigenvalue weighted by molar-refractivity contribution is 0.0926. The van der Waals surface area contributed by atoms with E-state index >= 15 is 0 Å². The zero-order chi connectivity index (χ0) is 10.4. The Morgan fingerprint density at radius 3 is 3.20 bits per heavy atom. The van der Waals surface area contributed by atoms with Crippen molar-refractivity contribution in [1.82, 2.24) is 15.1 Å². The molecule has 76 valence electrons. The first kappa shape index (κ1) is 8.91. The summed E-state index contributed by atoms with van der Waals surface area (Å²) in [6, 6.07) is 5.77. The van der Waals surface area contributed by atoms with E-state index in [9.17, 15) is 4.79 Å². The number of hydrogen-bond acceptors (Lipinski definition) is 2. The van der Waals surface area contributed by atoms with Crippen LogP contribution in [-0.2, 0) is 6.54 Å². The summed E-state index contributed by atoms with van der Waals surface area (Å²) >= 11 is 3.39. The van der Waals surface area contributed by atoms with Crippen molar-refractivity contribution in [2.75, 3.05) is 6.54 Å². The molecule has 1 aliphatic heterocycles. The van der Waals surface area contributed by atoms with E-state index in [1.807, 2.05) is 18.2 Å². The lowest BCUT2D eigenvalue weighted by Gasteiger charge is -2.13. The molecule has 0 fully saturated rings. The molecule has 1 amide bonds. The Hall–Kier alpha value is -1.36. The summed E-state index contributed by atoms with van der Waals surface area (Å²) in [5.74, 6) is -0.0360. The first-order valence-electron chi connectivity index (χ1n) is 4.70. The quantitative estimate of drug-likeness (QED) is 0.786. The first-order chi connectivity index (χ1) is 7.25. The van der Waals surface area contributed by atoms with Crippen LogP contribution in [0.25, 0.3) is 10.9 Å². The monoisotopic (exact) mass is 265 g/mol. The Kier molecular flexibility index (Phi) is 1.82. The van der Waals surface area contributed by atoms with E-state index in [0.29, 0.717) is 12.2 Å². The van der Waals surface area contributed by atoms with Gasteiger partial charge in [0, 0.05) is 16.4 Å². The molecule has 0 saturated carbocycles. The Bertz CT molecular complexity index is 561. The average molecular weight is 266 g/mol. The van der Waals surface area contributed by atoms with Gasteiger partial charge in [0.2, 0.25) is 0 Å². The zero-order valence-electron chi connectivity index (χ0n) is 7.83. The van der Waals surface area contributed by atoms with Crippen LogP contribution < -0.4 is 5.32 Å². The van der Waals surface area contributed by atoms with E-state index in [2.05, 4.69) is 26.3 Å². The molecular weight excluding hydrogens is 258 g/mol. The second kappa shape index (κ2) is 3.06. The maximum atomic E-state index is 11.7. The number of carbonyl (C=O) groups excluding carboxylic acids is 1. The second-order valence-electron chi connectivity index (χ2n) is 3.49. The van der Waals surface area contributed by atoms with E-state index in [1.165, 1.54) is 0 Å². The summed E-state index contributed by atoms with van der Waals surface area (Å²) in [4.78, 5) is 11.7. The third-order valence-corrected chi connectivity index (χ3v) is 3.02. The van der Waals surface area contributed by atoms with Crippen LogP contribution in [0.5, 0.6) is 0 Å². The van der Waals surface area contributed by atoms with Gasteiger partial charge in [0.1, 0.15) is 5.69 Å². The number of carbonyl (C=O) groups is 1. The molecule has 2 heterocycles. The Balaban J connectivity index is 2.36. The molecule has 1 N–H and O–H groups in total. The molecule has 0 radical (unpaired) electrons. The van der Waals surface area contributed by atoms with Gasteiger partial charge < -0.3 is 5.32 Å². The van der Waals surface area contributed by atoms with Gasteiger partial charge in [0.05, 0.1) is 12.1 Å².